The van der Waals surface area contributed by atoms with Crippen LogP contribution in [0.4, 0.5) is 0 Å². The second-order valence-electron chi connectivity index (χ2n) is 6.94. The summed E-state index contributed by atoms with van der Waals surface area (Å²) in [7, 11) is 0. The number of carboxylic acid groups (broad SMARTS) is 1. The van der Waals surface area contributed by atoms with E-state index in [4.69, 9.17) is 9.94 Å². The van der Waals surface area contributed by atoms with E-state index in [1.807, 2.05) is 0 Å². The number of rotatable bonds is 3. The van der Waals surface area contributed by atoms with Crippen LogP contribution in [-0.4, -0.2) is 22.4 Å². The summed E-state index contributed by atoms with van der Waals surface area (Å²) in [5.41, 5.74) is 0.0857. The molecule has 2 rings (SSSR count). The molecule has 18 heavy (non-hydrogen) atoms. The van der Waals surface area contributed by atoms with Crippen molar-refractivity contribution in [2.75, 3.05) is 0 Å². The van der Waals surface area contributed by atoms with Gasteiger partial charge in [-0.1, -0.05) is 25.9 Å². The van der Waals surface area contributed by atoms with Crippen LogP contribution >= 0.6 is 0 Å². The van der Waals surface area contributed by atoms with E-state index in [0.717, 1.165) is 18.6 Å². The molecule has 0 radical (unpaired) electrons. The van der Waals surface area contributed by atoms with Gasteiger partial charge in [-0.2, -0.15) is 0 Å². The van der Waals surface area contributed by atoms with Crippen LogP contribution in [0, 0.1) is 16.7 Å². The van der Waals surface area contributed by atoms with Gasteiger partial charge in [0.2, 0.25) is 5.60 Å². The molecule has 2 saturated carbocycles. The van der Waals surface area contributed by atoms with Crippen molar-refractivity contribution in [1.29, 1.82) is 0 Å². The molecule has 4 heteroatoms. The van der Waals surface area contributed by atoms with Gasteiger partial charge in [-0.25, -0.2) is 4.79 Å². The lowest BCUT2D eigenvalue weighted by molar-refractivity contribution is -0.161. The Hall–Kier alpha value is -1.06. The third kappa shape index (κ3) is 1.65. The Morgan fingerprint density at radius 1 is 1.44 bits per heavy atom. The third-order valence-electron chi connectivity index (χ3n) is 5.41. The van der Waals surface area contributed by atoms with Crippen molar-refractivity contribution in [3.8, 4) is 0 Å². The fourth-order valence-electron chi connectivity index (χ4n) is 3.27. The van der Waals surface area contributed by atoms with Crippen molar-refractivity contribution in [3.05, 3.63) is 0 Å². The monoisotopic (exact) mass is 253 g/mol. The Morgan fingerprint density at radius 2 is 2.06 bits per heavy atom. The highest BCUT2D eigenvalue weighted by molar-refractivity contribution is 5.94. The van der Waals surface area contributed by atoms with Crippen molar-refractivity contribution in [2.24, 2.45) is 21.9 Å². The summed E-state index contributed by atoms with van der Waals surface area (Å²) in [6.07, 6.45) is 3.31. The van der Waals surface area contributed by atoms with Crippen LogP contribution in [0.2, 0.25) is 0 Å². The van der Waals surface area contributed by atoms with Gasteiger partial charge >= 0.3 is 5.97 Å². The fraction of sp³-hybridized carbons (Fsp3) is 0.857. The summed E-state index contributed by atoms with van der Waals surface area (Å²) in [5.74, 6) is -0.336. The molecule has 0 spiro atoms. The minimum Gasteiger partial charge on any atom is -0.478 e. The maximum Gasteiger partial charge on any atom is 0.350 e. The summed E-state index contributed by atoms with van der Waals surface area (Å²) < 4.78 is 0. The van der Waals surface area contributed by atoms with Gasteiger partial charge in [-0.15, -0.1) is 0 Å². The van der Waals surface area contributed by atoms with Crippen LogP contribution < -0.4 is 0 Å². The largest absolute Gasteiger partial charge is 0.478 e. The second-order valence-corrected chi connectivity index (χ2v) is 6.94. The van der Waals surface area contributed by atoms with E-state index in [1.54, 1.807) is 0 Å². The van der Waals surface area contributed by atoms with Crippen LogP contribution in [0.3, 0.4) is 0 Å². The molecule has 0 aromatic heterocycles. The Bertz CT molecular complexity index is 411. The number of hydrogen-bond donors (Lipinski definition) is 1. The molecule has 0 heterocycles. The quantitative estimate of drug-likeness (QED) is 0.786. The Kier molecular flexibility index (Phi) is 2.76. The summed E-state index contributed by atoms with van der Waals surface area (Å²) >= 11 is 0. The second kappa shape index (κ2) is 3.72. The van der Waals surface area contributed by atoms with Gasteiger partial charge in [0.15, 0.2) is 0 Å². The van der Waals surface area contributed by atoms with E-state index in [9.17, 15) is 4.79 Å². The molecule has 4 nitrogen and oxygen atoms in total. The zero-order valence-electron chi connectivity index (χ0n) is 11.9. The van der Waals surface area contributed by atoms with Crippen LogP contribution in [0.1, 0.15) is 53.9 Å². The maximum absolute atomic E-state index is 11.0. The first kappa shape index (κ1) is 13.4. The average Bonchev–Trinajstić information content (AvgIpc) is 2.58. The molecule has 0 saturated heterocycles. The zero-order chi connectivity index (χ0) is 13.8. The molecule has 2 fully saturated rings. The topological polar surface area (TPSA) is 58.9 Å². The van der Waals surface area contributed by atoms with Crippen molar-refractivity contribution in [1.82, 2.24) is 0 Å². The fourth-order valence-corrected chi connectivity index (χ4v) is 3.27. The molecule has 0 amide bonds. The van der Waals surface area contributed by atoms with Gasteiger partial charge in [0, 0.05) is 5.41 Å². The number of hydrogen-bond acceptors (Lipinski definition) is 3. The minimum absolute atomic E-state index is 0.0618. The van der Waals surface area contributed by atoms with E-state index in [2.05, 4.69) is 25.9 Å². The van der Waals surface area contributed by atoms with Gasteiger partial charge in [0.05, 0.1) is 5.71 Å². The van der Waals surface area contributed by atoms with Crippen LogP contribution in [0.25, 0.3) is 0 Å². The van der Waals surface area contributed by atoms with Crippen molar-refractivity contribution in [2.45, 2.75) is 59.5 Å². The molecule has 102 valence electrons. The molecular formula is C14H23NO3. The first-order valence-electron chi connectivity index (χ1n) is 6.60. The van der Waals surface area contributed by atoms with E-state index in [1.165, 1.54) is 20.3 Å². The first-order valence-corrected chi connectivity index (χ1v) is 6.60. The van der Waals surface area contributed by atoms with Gasteiger partial charge < -0.3 is 9.94 Å². The van der Waals surface area contributed by atoms with Crippen molar-refractivity contribution >= 4 is 11.7 Å². The highest BCUT2D eigenvalue weighted by Gasteiger charge is 2.60. The molecule has 2 aliphatic rings. The van der Waals surface area contributed by atoms with Gasteiger partial charge in [0.1, 0.15) is 0 Å². The van der Waals surface area contributed by atoms with Crippen molar-refractivity contribution < 1.29 is 14.7 Å². The lowest BCUT2D eigenvalue weighted by Crippen LogP contribution is -2.36. The summed E-state index contributed by atoms with van der Waals surface area (Å²) in [5, 5.41) is 13.2. The first-order chi connectivity index (χ1) is 8.11. The predicted molar refractivity (Wildman–Crippen MR) is 69.5 cm³/mol. The molecule has 0 aliphatic heterocycles. The standard InChI is InChI=1S/C14H23NO3/c1-12(2)9-6-7-14(12,5)10(8-9)15-18-13(3,4)11(16)17/h9H,6-8H2,1-5H3,(H,16,17)/b15-10-. The van der Waals surface area contributed by atoms with E-state index in [0.29, 0.717) is 5.92 Å². The number of aliphatic carboxylic acids is 1. The van der Waals surface area contributed by atoms with Crippen LogP contribution in [0.5, 0.6) is 0 Å². The Labute approximate surface area is 108 Å². The Morgan fingerprint density at radius 3 is 2.44 bits per heavy atom. The number of carboxylic acids is 1. The Balaban J connectivity index is 2.20. The van der Waals surface area contributed by atoms with E-state index < -0.39 is 11.6 Å². The number of oxime groups is 1. The number of carbonyl (C=O) groups is 1. The highest BCUT2D eigenvalue weighted by Crippen LogP contribution is 2.64. The van der Waals surface area contributed by atoms with Crippen LogP contribution in [0.15, 0.2) is 5.16 Å². The van der Waals surface area contributed by atoms with Gasteiger partial charge in [-0.3, -0.25) is 0 Å². The SMILES string of the molecule is CC(C)(O/N=C1/CC2CCC1(C)C2(C)C)C(=O)O. The van der Waals surface area contributed by atoms with E-state index in [-0.39, 0.29) is 10.8 Å². The molecule has 2 unspecified atom stereocenters. The van der Waals surface area contributed by atoms with Crippen molar-refractivity contribution in [3.63, 3.8) is 0 Å². The van der Waals surface area contributed by atoms with E-state index >= 15 is 0 Å². The lowest BCUT2D eigenvalue weighted by atomic mass is 9.70. The lowest BCUT2D eigenvalue weighted by Gasteiger charge is -2.34. The zero-order valence-corrected chi connectivity index (χ0v) is 11.9. The number of fused-ring (bicyclic) bond motifs is 2. The van der Waals surface area contributed by atoms with Gasteiger partial charge in [0.25, 0.3) is 0 Å². The molecule has 0 aromatic carbocycles. The smallest absolute Gasteiger partial charge is 0.350 e. The van der Waals surface area contributed by atoms with Crippen LogP contribution in [-0.2, 0) is 9.63 Å². The summed E-state index contributed by atoms with van der Waals surface area (Å²) in [6, 6.07) is 0. The molecule has 1 N–H and O–H groups in total. The third-order valence-corrected chi connectivity index (χ3v) is 5.41. The molecule has 2 aliphatic carbocycles. The molecule has 2 atom stereocenters. The normalized spacial score (nSPS) is 36.1. The molecular weight excluding hydrogens is 230 g/mol. The molecule has 2 bridgehead atoms. The predicted octanol–water partition coefficient (Wildman–Crippen LogP) is 3.07. The van der Waals surface area contributed by atoms with Gasteiger partial charge in [-0.05, 0) is 44.4 Å². The summed E-state index contributed by atoms with van der Waals surface area (Å²) in [4.78, 5) is 16.3. The maximum atomic E-state index is 11.0. The number of nitrogens with zero attached hydrogens (tertiary/aromatic N) is 1. The highest BCUT2D eigenvalue weighted by atomic mass is 16.7. The summed E-state index contributed by atoms with van der Waals surface area (Å²) in [6.45, 7) is 9.86. The minimum atomic E-state index is -1.25. The molecule has 0 aromatic rings. The average molecular weight is 253 g/mol.